The van der Waals surface area contributed by atoms with Gasteiger partial charge in [-0.25, -0.2) is 13.8 Å². The first-order valence-corrected chi connectivity index (χ1v) is 6.71. The van der Waals surface area contributed by atoms with E-state index in [4.69, 9.17) is 0 Å². The third-order valence-electron chi connectivity index (χ3n) is 3.09. The van der Waals surface area contributed by atoms with E-state index >= 15 is 0 Å². The molecule has 0 spiro atoms. The monoisotopic (exact) mass is 266 g/mol. The van der Waals surface area contributed by atoms with Gasteiger partial charge in [-0.3, -0.25) is 0 Å². The van der Waals surface area contributed by atoms with Gasteiger partial charge in [0.1, 0.15) is 11.6 Å². The number of rotatable bonds is 3. The molecule has 1 aromatic heterocycles. The molecule has 1 N–H and O–H groups in total. The minimum Gasteiger partial charge on any atom is -0.316 e. The summed E-state index contributed by atoms with van der Waals surface area (Å²) in [6, 6.07) is 3.59. The van der Waals surface area contributed by atoms with Crippen molar-refractivity contribution in [2.45, 2.75) is 6.42 Å². The van der Waals surface area contributed by atoms with Crippen LogP contribution in [-0.4, -0.2) is 18.1 Å². The Morgan fingerprint density at radius 1 is 1.33 bits per heavy atom. The highest BCUT2D eigenvalue weighted by Gasteiger charge is 2.19. The summed E-state index contributed by atoms with van der Waals surface area (Å²) in [5, 5.41) is 6.06. The van der Waals surface area contributed by atoms with Crippen LogP contribution in [0.3, 0.4) is 0 Å². The molecule has 0 bridgehead atoms. The van der Waals surface area contributed by atoms with Gasteiger partial charge in [0.05, 0.1) is 10.7 Å². The zero-order chi connectivity index (χ0) is 12.5. The summed E-state index contributed by atoms with van der Waals surface area (Å²) >= 11 is 1.54. The Hall–Kier alpha value is -1.33. The molecule has 3 rings (SSSR count). The zero-order valence-corrected chi connectivity index (χ0v) is 10.4. The van der Waals surface area contributed by atoms with Gasteiger partial charge in [-0.1, -0.05) is 0 Å². The van der Waals surface area contributed by atoms with Crippen LogP contribution in [0.15, 0.2) is 23.6 Å². The lowest BCUT2D eigenvalue weighted by Gasteiger charge is -2.25. The molecule has 0 radical (unpaired) electrons. The largest absolute Gasteiger partial charge is 0.316 e. The highest BCUT2D eigenvalue weighted by Crippen LogP contribution is 2.26. The van der Waals surface area contributed by atoms with Crippen molar-refractivity contribution in [1.29, 1.82) is 0 Å². The molecular formula is C13H12F2N2S. The van der Waals surface area contributed by atoms with Crippen molar-refractivity contribution in [3.8, 4) is 11.3 Å². The maximum atomic E-state index is 13.6. The number of aromatic nitrogens is 1. The number of hydrogen-bond donors (Lipinski definition) is 1. The Balaban J connectivity index is 1.83. The van der Waals surface area contributed by atoms with Gasteiger partial charge in [0, 0.05) is 23.4 Å². The third kappa shape index (κ3) is 2.28. The number of thiazole rings is 1. The number of nitrogens with zero attached hydrogens (tertiary/aromatic N) is 1. The van der Waals surface area contributed by atoms with Crippen molar-refractivity contribution >= 4 is 11.3 Å². The maximum absolute atomic E-state index is 13.6. The van der Waals surface area contributed by atoms with E-state index in [9.17, 15) is 8.78 Å². The summed E-state index contributed by atoms with van der Waals surface area (Å²) in [5.41, 5.74) is 0.963. The van der Waals surface area contributed by atoms with E-state index in [1.165, 1.54) is 23.5 Å². The Bertz CT molecular complexity index is 564. The highest BCUT2D eigenvalue weighted by molar-refractivity contribution is 7.09. The van der Waals surface area contributed by atoms with E-state index in [1.807, 2.05) is 5.38 Å². The predicted octanol–water partition coefficient (Wildman–Crippen LogP) is 2.85. The van der Waals surface area contributed by atoms with Gasteiger partial charge in [-0.2, -0.15) is 0 Å². The number of benzene rings is 1. The average molecular weight is 266 g/mol. The summed E-state index contributed by atoms with van der Waals surface area (Å²) in [6.07, 6.45) is 0.931. The first-order chi connectivity index (χ1) is 8.72. The van der Waals surface area contributed by atoms with Crippen molar-refractivity contribution in [3.63, 3.8) is 0 Å². The van der Waals surface area contributed by atoms with Gasteiger partial charge in [0.2, 0.25) is 0 Å². The predicted molar refractivity (Wildman–Crippen MR) is 67.5 cm³/mol. The van der Waals surface area contributed by atoms with Gasteiger partial charge in [0.15, 0.2) is 0 Å². The maximum Gasteiger partial charge on any atom is 0.135 e. The molecule has 1 aliphatic heterocycles. The average Bonchev–Trinajstić information content (AvgIpc) is 2.72. The normalized spacial score (nSPS) is 15.7. The Labute approximate surface area is 108 Å². The summed E-state index contributed by atoms with van der Waals surface area (Å²) in [7, 11) is 0. The number of halogens is 2. The van der Waals surface area contributed by atoms with Gasteiger partial charge in [-0.15, -0.1) is 11.3 Å². The molecule has 1 aromatic carbocycles. The standard InChI is InChI=1S/C13H12F2N2S/c14-9-1-2-10(11(15)4-9)12-7-18-13(17-12)3-8-5-16-6-8/h1-2,4,7-8,16H,3,5-6H2. The molecule has 2 nitrogen and oxygen atoms in total. The smallest absolute Gasteiger partial charge is 0.135 e. The second-order valence-corrected chi connectivity index (χ2v) is 5.42. The third-order valence-corrected chi connectivity index (χ3v) is 3.96. The van der Waals surface area contributed by atoms with Crippen LogP contribution in [0.1, 0.15) is 5.01 Å². The van der Waals surface area contributed by atoms with Gasteiger partial charge in [-0.05, 0) is 31.1 Å². The Kier molecular flexibility index (Phi) is 3.09. The van der Waals surface area contributed by atoms with E-state index in [-0.39, 0.29) is 0 Å². The van der Waals surface area contributed by atoms with Crippen molar-refractivity contribution in [2.24, 2.45) is 5.92 Å². The SMILES string of the molecule is Fc1ccc(-c2csc(CC3CNC3)n2)c(F)c1. The molecule has 0 saturated carbocycles. The van der Waals surface area contributed by atoms with Crippen LogP contribution in [0.2, 0.25) is 0 Å². The van der Waals surface area contributed by atoms with Crippen molar-refractivity contribution < 1.29 is 8.78 Å². The molecule has 0 amide bonds. The molecule has 1 saturated heterocycles. The molecule has 0 unspecified atom stereocenters. The van der Waals surface area contributed by atoms with Crippen LogP contribution in [0.5, 0.6) is 0 Å². The number of hydrogen-bond acceptors (Lipinski definition) is 3. The lowest BCUT2D eigenvalue weighted by Crippen LogP contribution is -2.43. The minimum absolute atomic E-state index is 0.366. The number of nitrogens with one attached hydrogen (secondary N) is 1. The van der Waals surface area contributed by atoms with E-state index < -0.39 is 11.6 Å². The molecule has 1 aliphatic rings. The van der Waals surface area contributed by atoms with E-state index in [2.05, 4.69) is 10.3 Å². The van der Waals surface area contributed by atoms with Crippen molar-refractivity contribution in [1.82, 2.24) is 10.3 Å². The second kappa shape index (κ2) is 4.74. The fraction of sp³-hybridized carbons (Fsp3) is 0.308. The molecule has 94 valence electrons. The molecule has 2 aromatic rings. The molecule has 0 atom stereocenters. The summed E-state index contributed by atoms with van der Waals surface area (Å²) in [6.45, 7) is 2.06. The highest BCUT2D eigenvalue weighted by atomic mass is 32.1. The van der Waals surface area contributed by atoms with Crippen molar-refractivity contribution in [3.05, 3.63) is 40.2 Å². The first kappa shape index (κ1) is 11.7. The molecule has 18 heavy (non-hydrogen) atoms. The van der Waals surface area contributed by atoms with Gasteiger partial charge >= 0.3 is 0 Å². The van der Waals surface area contributed by atoms with E-state index in [1.54, 1.807) is 0 Å². The Morgan fingerprint density at radius 3 is 2.83 bits per heavy atom. The van der Waals surface area contributed by atoms with Gasteiger partial charge in [0.25, 0.3) is 0 Å². The molecule has 1 fully saturated rings. The summed E-state index contributed by atoms with van der Waals surface area (Å²) < 4.78 is 26.4. The Morgan fingerprint density at radius 2 is 2.17 bits per heavy atom. The van der Waals surface area contributed by atoms with Crippen LogP contribution in [0.4, 0.5) is 8.78 Å². The van der Waals surface area contributed by atoms with Crippen molar-refractivity contribution in [2.75, 3.05) is 13.1 Å². The lowest BCUT2D eigenvalue weighted by atomic mass is 10.0. The van der Waals surface area contributed by atoms with Crippen LogP contribution >= 0.6 is 11.3 Å². The topological polar surface area (TPSA) is 24.9 Å². The molecule has 0 aliphatic carbocycles. The van der Waals surface area contributed by atoms with E-state index in [0.717, 1.165) is 30.6 Å². The fourth-order valence-electron chi connectivity index (χ4n) is 1.97. The van der Waals surface area contributed by atoms with Gasteiger partial charge < -0.3 is 5.32 Å². The second-order valence-electron chi connectivity index (χ2n) is 4.48. The minimum atomic E-state index is -0.563. The van der Waals surface area contributed by atoms with Crippen LogP contribution < -0.4 is 5.32 Å². The molecule has 5 heteroatoms. The van der Waals surface area contributed by atoms with Crippen LogP contribution in [0, 0.1) is 17.6 Å². The van der Waals surface area contributed by atoms with Crippen LogP contribution in [-0.2, 0) is 6.42 Å². The zero-order valence-electron chi connectivity index (χ0n) is 9.62. The first-order valence-electron chi connectivity index (χ1n) is 5.83. The summed E-state index contributed by atoms with van der Waals surface area (Å²) in [4.78, 5) is 4.42. The molecular weight excluding hydrogens is 254 g/mol. The van der Waals surface area contributed by atoms with Crippen LogP contribution in [0.25, 0.3) is 11.3 Å². The summed E-state index contributed by atoms with van der Waals surface area (Å²) in [5.74, 6) is -0.480. The molecule has 2 heterocycles. The quantitative estimate of drug-likeness (QED) is 0.924. The fourth-order valence-corrected chi connectivity index (χ4v) is 2.88. The van der Waals surface area contributed by atoms with E-state index in [0.29, 0.717) is 17.2 Å². The lowest BCUT2D eigenvalue weighted by molar-refractivity contribution is 0.346.